The third-order valence-electron chi connectivity index (χ3n) is 2.46. The zero-order chi connectivity index (χ0) is 11.3. The number of hydrogen-bond donors (Lipinski definition) is 0. The van der Waals surface area contributed by atoms with E-state index in [9.17, 15) is 4.79 Å². The molecule has 82 valence electrons. The number of para-hydroxylation sites is 1. The summed E-state index contributed by atoms with van der Waals surface area (Å²) in [5.41, 5.74) is 0.937. The highest BCUT2D eigenvalue weighted by Gasteiger charge is 2.11. The van der Waals surface area contributed by atoms with Gasteiger partial charge in [0, 0.05) is 12.7 Å². The third-order valence-corrected chi connectivity index (χ3v) is 2.46. The van der Waals surface area contributed by atoms with Crippen molar-refractivity contribution in [1.82, 2.24) is 4.90 Å². The van der Waals surface area contributed by atoms with E-state index in [1.54, 1.807) is 11.9 Å². The lowest BCUT2D eigenvalue weighted by Gasteiger charge is -2.20. The Kier molecular flexibility index (Phi) is 4.31. The molecule has 1 rings (SSSR count). The van der Waals surface area contributed by atoms with Crippen molar-refractivity contribution < 1.29 is 4.79 Å². The summed E-state index contributed by atoms with van der Waals surface area (Å²) in [6, 6.07) is 9.68. The van der Waals surface area contributed by atoms with Gasteiger partial charge in [0.25, 0.3) is 0 Å². The summed E-state index contributed by atoms with van der Waals surface area (Å²) < 4.78 is 0. The lowest BCUT2D eigenvalue weighted by Crippen LogP contribution is -2.36. The Labute approximate surface area is 91.3 Å². The van der Waals surface area contributed by atoms with Gasteiger partial charge in [-0.15, -0.1) is 0 Å². The van der Waals surface area contributed by atoms with Crippen molar-refractivity contribution in [2.75, 3.05) is 32.1 Å². The highest BCUT2D eigenvalue weighted by atomic mass is 16.2. The lowest BCUT2D eigenvalue weighted by molar-refractivity contribution is -0.119. The van der Waals surface area contributed by atoms with Gasteiger partial charge in [0.15, 0.2) is 0 Å². The normalized spacial score (nSPS) is 10.4. The van der Waals surface area contributed by atoms with Gasteiger partial charge in [0.1, 0.15) is 0 Å². The molecule has 0 radical (unpaired) electrons. The number of nitrogens with zero attached hydrogens (tertiary/aromatic N) is 2. The number of amides is 1. The molecule has 0 fully saturated rings. The fraction of sp³-hybridized carbons (Fsp3) is 0.417. The van der Waals surface area contributed by atoms with E-state index < -0.39 is 0 Å². The number of rotatable bonds is 4. The number of benzene rings is 1. The molecule has 0 bridgehead atoms. The Morgan fingerprint density at radius 3 is 2.33 bits per heavy atom. The molecule has 0 heterocycles. The Hall–Kier alpha value is -1.35. The first-order valence-electron chi connectivity index (χ1n) is 5.15. The molecule has 0 aromatic heterocycles. The minimum atomic E-state index is 0.116. The van der Waals surface area contributed by atoms with Crippen molar-refractivity contribution in [3.63, 3.8) is 0 Å². The Bertz CT molecular complexity index is 311. The molecular weight excluding hydrogens is 188 g/mol. The molecule has 0 atom stereocenters. The predicted molar refractivity (Wildman–Crippen MR) is 63.0 cm³/mol. The molecule has 3 heteroatoms. The predicted octanol–water partition coefficient (Wildman–Crippen LogP) is 1.60. The topological polar surface area (TPSA) is 23.6 Å². The van der Waals surface area contributed by atoms with E-state index in [0.717, 1.165) is 12.2 Å². The van der Waals surface area contributed by atoms with Crippen molar-refractivity contribution in [2.45, 2.75) is 6.92 Å². The lowest BCUT2D eigenvalue weighted by atomic mass is 10.3. The molecule has 0 aliphatic carbocycles. The van der Waals surface area contributed by atoms with Crippen LogP contribution in [0, 0.1) is 0 Å². The number of carbonyl (C=O) groups is 1. The zero-order valence-corrected chi connectivity index (χ0v) is 9.60. The summed E-state index contributed by atoms with van der Waals surface area (Å²) in [5.74, 6) is 0.116. The zero-order valence-electron chi connectivity index (χ0n) is 9.60. The molecule has 0 N–H and O–H groups in total. The van der Waals surface area contributed by atoms with Gasteiger partial charge in [-0.05, 0) is 25.7 Å². The SMILES string of the molecule is CCN(C)CC(=O)N(C)c1ccccc1. The molecule has 1 aromatic rings. The van der Waals surface area contributed by atoms with E-state index in [1.807, 2.05) is 49.2 Å². The van der Waals surface area contributed by atoms with Crippen LogP contribution in [0.5, 0.6) is 0 Å². The summed E-state index contributed by atoms with van der Waals surface area (Å²) in [7, 11) is 3.75. The van der Waals surface area contributed by atoms with Crippen LogP contribution in [-0.2, 0) is 4.79 Å². The number of anilines is 1. The van der Waals surface area contributed by atoms with E-state index in [2.05, 4.69) is 0 Å². The maximum atomic E-state index is 11.8. The molecule has 15 heavy (non-hydrogen) atoms. The monoisotopic (exact) mass is 206 g/mol. The first kappa shape index (κ1) is 11.7. The molecular formula is C12H18N2O. The third kappa shape index (κ3) is 3.36. The van der Waals surface area contributed by atoms with Crippen molar-refractivity contribution in [2.24, 2.45) is 0 Å². The van der Waals surface area contributed by atoms with E-state index in [1.165, 1.54) is 0 Å². The van der Waals surface area contributed by atoms with Crippen molar-refractivity contribution >= 4 is 11.6 Å². The fourth-order valence-corrected chi connectivity index (χ4v) is 1.24. The maximum absolute atomic E-state index is 11.8. The molecule has 1 amide bonds. The highest BCUT2D eigenvalue weighted by Crippen LogP contribution is 2.10. The molecule has 0 saturated heterocycles. The van der Waals surface area contributed by atoms with E-state index in [0.29, 0.717) is 6.54 Å². The number of carbonyl (C=O) groups excluding carboxylic acids is 1. The quantitative estimate of drug-likeness (QED) is 0.747. The van der Waals surface area contributed by atoms with Crippen LogP contribution in [-0.4, -0.2) is 38.0 Å². The second-order valence-corrected chi connectivity index (χ2v) is 3.62. The molecule has 0 saturated carbocycles. The first-order valence-corrected chi connectivity index (χ1v) is 5.15. The minimum absolute atomic E-state index is 0.116. The summed E-state index contributed by atoms with van der Waals surface area (Å²) in [4.78, 5) is 15.5. The second kappa shape index (κ2) is 5.51. The van der Waals surface area contributed by atoms with Crippen LogP contribution in [0.15, 0.2) is 30.3 Å². The maximum Gasteiger partial charge on any atom is 0.240 e. The number of hydrogen-bond acceptors (Lipinski definition) is 2. The van der Waals surface area contributed by atoms with Crippen molar-refractivity contribution in [3.8, 4) is 0 Å². The Balaban J connectivity index is 2.61. The summed E-state index contributed by atoms with van der Waals surface area (Å²) in [5, 5.41) is 0. The van der Waals surface area contributed by atoms with E-state index >= 15 is 0 Å². The number of likely N-dealkylation sites (N-methyl/N-ethyl adjacent to an activating group) is 2. The first-order chi connectivity index (χ1) is 7.15. The minimum Gasteiger partial charge on any atom is -0.314 e. The molecule has 0 aliphatic heterocycles. The molecule has 3 nitrogen and oxygen atoms in total. The Morgan fingerprint density at radius 1 is 1.20 bits per heavy atom. The van der Waals surface area contributed by atoms with Crippen LogP contribution in [0.1, 0.15) is 6.92 Å². The van der Waals surface area contributed by atoms with Gasteiger partial charge in [0.05, 0.1) is 6.54 Å². The average Bonchev–Trinajstić information content (AvgIpc) is 2.29. The van der Waals surface area contributed by atoms with Gasteiger partial charge in [-0.25, -0.2) is 0 Å². The van der Waals surface area contributed by atoms with Crippen molar-refractivity contribution in [3.05, 3.63) is 30.3 Å². The van der Waals surface area contributed by atoms with E-state index in [-0.39, 0.29) is 5.91 Å². The summed E-state index contributed by atoms with van der Waals surface area (Å²) in [6.45, 7) is 3.38. The second-order valence-electron chi connectivity index (χ2n) is 3.62. The van der Waals surface area contributed by atoms with Crippen LogP contribution >= 0.6 is 0 Å². The molecule has 0 unspecified atom stereocenters. The van der Waals surface area contributed by atoms with Gasteiger partial charge in [0.2, 0.25) is 5.91 Å². The summed E-state index contributed by atoms with van der Waals surface area (Å²) >= 11 is 0. The van der Waals surface area contributed by atoms with Gasteiger partial charge in [-0.2, -0.15) is 0 Å². The van der Waals surface area contributed by atoms with Crippen LogP contribution in [0.3, 0.4) is 0 Å². The van der Waals surface area contributed by atoms with Crippen LogP contribution < -0.4 is 4.90 Å². The van der Waals surface area contributed by atoms with Crippen molar-refractivity contribution in [1.29, 1.82) is 0 Å². The van der Waals surface area contributed by atoms with Crippen LogP contribution in [0.25, 0.3) is 0 Å². The van der Waals surface area contributed by atoms with Gasteiger partial charge >= 0.3 is 0 Å². The molecule has 0 spiro atoms. The molecule has 1 aromatic carbocycles. The van der Waals surface area contributed by atoms with Gasteiger partial charge in [-0.3, -0.25) is 9.69 Å². The summed E-state index contributed by atoms with van der Waals surface area (Å²) in [6.07, 6.45) is 0. The van der Waals surface area contributed by atoms with Crippen LogP contribution in [0.4, 0.5) is 5.69 Å². The van der Waals surface area contributed by atoms with Crippen LogP contribution in [0.2, 0.25) is 0 Å². The largest absolute Gasteiger partial charge is 0.314 e. The smallest absolute Gasteiger partial charge is 0.240 e. The average molecular weight is 206 g/mol. The highest BCUT2D eigenvalue weighted by molar-refractivity contribution is 5.94. The van der Waals surface area contributed by atoms with Gasteiger partial charge < -0.3 is 4.90 Å². The van der Waals surface area contributed by atoms with Gasteiger partial charge in [-0.1, -0.05) is 25.1 Å². The molecule has 0 aliphatic rings. The standard InChI is InChI=1S/C12H18N2O/c1-4-13(2)10-12(15)14(3)11-8-6-5-7-9-11/h5-9H,4,10H2,1-3H3. The fourth-order valence-electron chi connectivity index (χ4n) is 1.24. The van der Waals surface area contributed by atoms with E-state index in [4.69, 9.17) is 0 Å². The Morgan fingerprint density at radius 2 is 1.80 bits per heavy atom.